The molecule has 3 aromatic rings. The number of benzene rings is 2. The van der Waals surface area contributed by atoms with E-state index in [1.54, 1.807) is 4.90 Å². The first-order valence-corrected chi connectivity index (χ1v) is 11.4. The van der Waals surface area contributed by atoms with E-state index in [-0.39, 0.29) is 37.6 Å². The average molecular weight is 490 g/mol. The van der Waals surface area contributed by atoms with Crippen LogP contribution in [-0.4, -0.2) is 59.4 Å². The number of rotatable bonds is 10. The van der Waals surface area contributed by atoms with E-state index in [9.17, 15) is 22.8 Å². The average Bonchev–Trinajstić information content (AvgIpc) is 3.22. The SMILES string of the molecule is COCC(=O)N(CC(=O)N(CCc1c[nH]c2ccccc12)Cc1ccc(C(F)(F)F)cc1)C(C)C. The summed E-state index contributed by atoms with van der Waals surface area (Å²) in [6.07, 6.45) is -1.99. The highest BCUT2D eigenvalue weighted by Crippen LogP contribution is 2.29. The van der Waals surface area contributed by atoms with Gasteiger partial charge in [-0.25, -0.2) is 0 Å². The van der Waals surface area contributed by atoms with Crippen LogP contribution in [-0.2, 0) is 33.5 Å². The van der Waals surface area contributed by atoms with Crippen molar-refractivity contribution in [1.82, 2.24) is 14.8 Å². The molecule has 1 N–H and O–H groups in total. The van der Waals surface area contributed by atoms with Crippen molar-refractivity contribution in [1.29, 1.82) is 0 Å². The number of carbonyl (C=O) groups excluding carboxylic acids is 2. The molecule has 188 valence electrons. The summed E-state index contributed by atoms with van der Waals surface area (Å²) in [4.78, 5) is 32.0. The van der Waals surface area contributed by atoms with Crippen molar-refractivity contribution in [2.24, 2.45) is 0 Å². The number of methoxy groups -OCH3 is 1. The molecule has 0 aliphatic carbocycles. The highest BCUT2D eigenvalue weighted by atomic mass is 19.4. The fourth-order valence-corrected chi connectivity index (χ4v) is 3.92. The van der Waals surface area contributed by atoms with E-state index in [4.69, 9.17) is 4.74 Å². The molecule has 0 atom stereocenters. The molecule has 0 saturated carbocycles. The lowest BCUT2D eigenvalue weighted by atomic mass is 10.1. The molecule has 1 aromatic heterocycles. The maximum atomic E-state index is 13.3. The first-order chi connectivity index (χ1) is 16.6. The molecule has 3 rings (SSSR count). The number of fused-ring (bicyclic) bond motifs is 1. The summed E-state index contributed by atoms with van der Waals surface area (Å²) in [5.74, 6) is -0.593. The number of para-hydroxylation sites is 1. The van der Waals surface area contributed by atoms with Crippen molar-refractivity contribution in [3.05, 3.63) is 71.4 Å². The molecule has 9 heteroatoms. The maximum absolute atomic E-state index is 13.3. The maximum Gasteiger partial charge on any atom is 0.416 e. The Balaban J connectivity index is 1.81. The molecule has 0 aliphatic rings. The molecule has 2 amide bonds. The Labute approximate surface area is 202 Å². The fourth-order valence-electron chi connectivity index (χ4n) is 3.92. The number of hydrogen-bond acceptors (Lipinski definition) is 3. The van der Waals surface area contributed by atoms with Gasteiger partial charge in [0.25, 0.3) is 0 Å². The van der Waals surface area contributed by atoms with Crippen molar-refractivity contribution < 1.29 is 27.5 Å². The number of aromatic amines is 1. The largest absolute Gasteiger partial charge is 0.416 e. The molecule has 0 aliphatic heterocycles. The van der Waals surface area contributed by atoms with Crippen LogP contribution >= 0.6 is 0 Å². The topological polar surface area (TPSA) is 65.6 Å². The van der Waals surface area contributed by atoms with Gasteiger partial charge >= 0.3 is 6.18 Å². The first-order valence-electron chi connectivity index (χ1n) is 11.4. The third kappa shape index (κ3) is 6.85. The third-order valence-electron chi connectivity index (χ3n) is 5.85. The molecular formula is C26H30F3N3O3. The molecule has 1 heterocycles. The number of nitrogens with one attached hydrogen (secondary N) is 1. The fraction of sp³-hybridized carbons (Fsp3) is 0.385. The third-order valence-corrected chi connectivity index (χ3v) is 5.85. The second kappa shape index (κ2) is 11.4. The summed E-state index contributed by atoms with van der Waals surface area (Å²) in [6.45, 7) is 3.81. The number of amides is 2. The van der Waals surface area contributed by atoms with Crippen LogP contribution in [0.15, 0.2) is 54.7 Å². The Bertz CT molecular complexity index is 1140. The number of halogens is 3. The van der Waals surface area contributed by atoms with Crippen molar-refractivity contribution >= 4 is 22.7 Å². The zero-order chi connectivity index (χ0) is 25.6. The van der Waals surface area contributed by atoms with Gasteiger partial charge in [-0.3, -0.25) is 9.59 Å². The monoisotopic (exact) mass is 489 g/mol. The molecule has 0 saturated heterocycles. The van der Waals surface area contributed by atoms with Crippen molar-refractivity contribution in [3.63, 3.8) is 0 Å². The van der Waals surface area contributed by atoms with E-state index in [0.717, 1.165) is 28.6 Å². The minimum Gasteiger partial charge on any atom is -0.375 e. The molecule has 0 radical (unpaired) electrons. The minimum atomic E-state index is -4.43. The van der Waals surface area contributed by atoms with Crippen LogP contribution in [0.5, 0.6) is 0 Å². The number of alkyl halides is 3. The number of ether oxygens (including phenoxy) is 1. The highest BCUT2D eigenvalue weighted by Gasteiger charge is 2.30. The zero-order valence-corrected chi connectivity index (χ0v) is 20.1. The van der Waals surface area contributed by atoms with Crippen molar-refractivity contribution in [2.45, 2.75) is 39.0 Å². The van der Waals surface area contributed by atoms with Gasteiger partial charge in [0, 0.05) is 43.3 Å². The Morgan fingerprint density at radius 1 is 1.03 bits per heavy atom. The number of hydrogen-bond donors (Lipinski definition) is 1. The molecule has 2 aromatic carbocycles. The van der Waals surface area contributed by atoms with Crippen LogP contribution in [0, 0.1) is 0 Å². The lowest BCUT2D eigenvalue weighted by Crippen LogP contribution is -2.47. The lowest BCUT2D eigenvalue weighted by molar-refractivity contribution is -0.144. The molecule has 0 unspecified atom stereocenters. The summed E-state index contributed by atoms with van der Waals surface area (Å²) in [5.41, 5.74) is 1.85. The number of carbonyl (C=O) groups is 2. The molecule has 0 fully saturated rings. The zero-order valence-electron chi connectivity index (χ0n) is 20.1. The molecule has 35 heavy (non-hydrogen) atoms. The van der Waals surface area contributed by atoms with Gasteiger partial charge < -0.3 is 19.5 Å². The second-order valence-corrected chi connectivity index (χ2v) is 8.67. The Kier molecular flexibility index (Phi) is 8.56. The molecular weight excluding hydrogens is 459 g/mol. The van der Waals surface area contributed by atoms with E-state index in [1.807, 2.05) is 44.3 Å². The predicted molar refractivity (Wildman–Crippen MR) is 128 cm³/mol. The van der Waals surface area contributed by atoms with Crippen LogP contribution < -0.4 is 0 Å². The lowest BCUT2D eigenvalue weighted by Gasteiger charge is -2.30. The Morgan fingerprint density at radius 3 is 2.34 bits per heavy atom. The Hall–Kier alpha value is -3.33. The van der Waals surface area contributed by atoms with Crippen LogP contribution in [0.1, 0.15) is 30.5 Å². The molecule has 0 bridgehead atoms. The number of aromatic nitrogens is 1. The first kappa shape index (κ1) is 26.3. The van der Waals surface area contributed by atoms with Gasteiger partial charge in [-0.05, 0) is 49.6 Å². The van der Waals surface area contributed by atoms with Crippen LogP contribution in [0.3, 0.4) is 0 Å². The molecule has 0 spiro atoms. The van der Waals surface area contributed by atoms with Crippen LogP contribution in [0.4, 0.5) is 13.2 Å². The van der Waals surface area contributed by atoms with Gasteiger partial charge in [0.2, 0.25) is 11.8 Å². The Morgan fingerprint density at radius 2 is 1.71 bits per heavy atom. The van der Waals surface area contributed by atoms with Crippen molar-refractivity contribution in [2.75, 3.05) is 26.8 Å². The predicted octanol–water partition coefficient (Wildman–Crippen LogP) is 4.64. The van der Waals surface area contributed by atoms with Gasteiger partial charge in [0.1, 0.15) is 13.2 Å². The van der Waals surface area contributed by atoms with E-state index in [1.165, 1.54) is 24.1 Å². The van der Waals surface area contributed by atoms with Crippen LogP contribution in [0.2, 0.25) is 0 Å². The second-order valence-electron chi connectivity index (χ2n) is 8.67. The summed E-state index contributed by atoms with van der Waals surface area (Å²) in [7, 11) is 1.41. The smallest absolute Gasteiger partial charge is 0.375 e. The van der Waals surface area contributed by atoms with Crippen molar-refractivity contribution in [3.8, 4) is 0 Å². The van der Waals surface area contributed by atoms with E-state index in [0.29, 0.717) is 18.5 Å². The van der Waals surface area contributed by atoms with Crippen LogP contribution in [0.25, 0.3) is 10.9 Å². The minimum absolute atomic E-state index is 0.129. The van der Waals surface area contributed by atoms with Gasteiger partial charge in [-0.1, -0.05) is 30.3 Å². The summed E-state index contributed by atoms with van der Waals surface area (Å²) >= 11 is 0. The van der Waals surface area contributed by atoms with E-state index in [2.05, 4.69) is 4.98 Å². The van der Waals surface area contributed by atoms with Gasteiger partial charge in [0.15, 0.2) is 0 Å². The van der Waals surface area contributed by atoms with Gasteiger partial charge in [0.05, 0.1) is 5.56 Å². The summed E-state index contributed by atoms with van der Waals surface area (Å²) in [6, 6.07) is 12.4. The van der Waals surface area contributed by atoms with E-state index >= 15 is 0 Å². The number of nitrogens with zero attached hydrogens (tertiary/aromatic N) is 2. The van der Waals surface area contributed by atoms with Gasteiger partial charge in [-0.15, -0.1) is 0 Å². The standard InChI is InChI=1S/C26H30F3N3O3/c1-18(2)32(25(34)17-35-3)16-24(33)31(15-19-8-10-21(11-9-19)26(27,28)29)13-12-20-14-30-23-7-5-4-6-22(20)23/h4-11,14,18,30H,12-13,15-17H2,1-3H3. The highest BCUT2D eigenvalue weighted by molar-refractivity contribution is 5.86. The molecule has 6 nitrogen and oxygen atoms in total. The normalized spacial score (nSPS) is 11.7. The quantitative estimate of drug-likeness (QED) is 0.451. The number of H-pyrrole nitrogens is 1. The van der Waals surface area contributed by atoms with E-state index < -0.39 is 11.7 Å². The summed E-state index contributed by atoms with van der Waals surface area (Å²) in [5, 5.41) is 1.05. The van der Waals surface area contributed by atoms with Gasteiger partial charge in [-0.2, -0.15) is 13.2 Å². The summed E-state index contributed by atoms with van der Waals surface area (Å²) < 4.78 is 43.8.